The van der Waals surface area contributed by atoms with Crippen LogP contribution in [0.25, 0.3) is 21.7 Å². The third kappa shape index (κ3) is 3.32. The fourth-order valence-corrected chi connectivity index (χ4v) is 4.49. The van der Waals surface area contributed by atoms with Gasteiger partial charge in [0.2, 0.25) is 0 Å². The number of fused-ring (bicyclic) bond motifs is 1. The smallest absolute Gasteiger partial charge is 0.140 e. The summed E-state index contributed by atoms with van der Waals surface area (Å²) in [6.07, 6.45) is 2.29. The van der Waals surface area contributed by atoms with Gasteiger partial charge in [-0.1, -0.05) is 30.3 Å². The minimum atomic E-state index is 0.0154. The van der Waals surface area contributed by atoms with Gasteiger partial charge in [-0.05, 0) is 48.6 Å². The molecule has 0 unspecified atom stereocenters. The molecule has 4 nitrogen and oxygen atoms in total. The van der Waals surface area contributed by atoms with Gasteiger partial charge in [0.05, 0.1) is 6.61 Å². The van der Waals surface area contributed by atoms with E-state index in [0.29, 0.717) is 6.61 Å². The zero-order chi connectivity index (χ0) is 17.9. The van der Waals surface area contributed by atoms with Crippen LogP contribution in [0, 0.1) is 6.92 Å². The number of hydrogen-bond donors (Lipinski definition) is 2. The second-order valence-electron chi connectivity index (χ2n) is 6.40. The normalized spacial score (nSPS) is 13.2. The van der Waals surface area contributed by atoms with Crippen LogP contribution in [0.3, 0.4) is 0 Å². The maximum Gasteiger partial charge on any atom is 0.140 e. The van der Waals surface area contributed by atoms with Gasteiger partial charge in [0.15, 0.2) is 0 Å². The van der Waals surface area contributed by atoms with E-state index in [4.69, 9.17) is 14.8 Å². The second-order valence-corrected chi connectivity index (χ2v) is 7.48. The van der Waals surface area contributed by atoms with E-state index in [-0.39, 0.29) is 6.61 Å². The Balaban J connectivity index is 1.71. The van der Waals surface area contributed by atoms with Crippen LogP contribution in [-0.2, 0) is 6.42 Å². The SMILES string of the molecule is Cc1c(-c2cccc(OCCO)c2)cccc1-c1nc2c(s1)CCCN2. The van der Waals surface area contributed by atoms with Gasteiger partial charge < -0.3 is 15.2 Å². The summed E-state index contributed by atoms with van der Waals surface area (Å²) in [5, 5.41) is 13.4. The molecule has 0 radical (unpaired) electrons. The van der Waals surface area contributed by atoms with Gasteiger partial charge >= 0.3 is 0 Å². The molecule has 4 rings (SSSR count). The van der Waals surface area contributed by atoms with Crippen molar-refractivity contribution in [2.45, 2.75) is 19.8 Å². The molecule has 0 spiro atoms. The molecule has 3 aromatic rings. The quantitative estimate of drug-likeness (QED) is 0.697. The van der Waals surface area contributed by atoms with Gasteiger partial charge in [0, 0.05) is 17.0 Å². The molecule has 2 heterocycles. The second kappa shape index (κ2) is 7.48. The van der Waals surface area contributed by atoms with Crippen molar-refractivity contribution in [3.63, 3.8) is 0 Å². The lowest BCUT2D eigenvalue weighted by molar-refractivity contribution is 0.201. The van der Waals surface area contributed by atoms with Crippen molar-refractivity contribution in [1.29, 1.82) is 0 Å². The Labute approximate surface area is 157 Å². The van der Waals surface area contributed by atoms with E-state index >= 15 is 0 Å². The minimum Gasteiger partial charge on any atom is -0.491 e. The average molecular weight is 366 g/mol. The summed E-state index contributed by atoms with van der Waals surface area (Å²) in [6.45, 7) is 3.48. The molecule has 1 aliphatic rings. The summed E-state index contributed by atoms with van der Waals surface area (Å²) in [5.74, 6) is 1.83. The number of ether oxygens (including phenoxy) is 1. The van der Waals surface area contributed by atoms with Crippen LogP contribution in [0.15, 0.2) is 42.5 Å². The Morgan fingerprint density at radius 3 is 2.88 bits per heavy atom. The van der Waals surface area contributed by atoms with Crippen LogP contribution >= 0.6 is 11.3 Å². The van der Waals surface area contributed by atoms with Crippen LogP contribution in [0.1, 0.15) is 16.9 Å². The molecule has 5 heteroatoms. The maximum absolute atomic E-state index is 8.95. The van der Waals surface area contributed by atoms with Crippen LogP contribution in [0.5, 0.6) is 5.75 Å². The number of aromatic nitrogens is 1. The number of aliphatic hydroxyl groups is 1. The molecular formula is C21H22N2O2S. The highest BCUT2D eigenvalue weighted by molar-refractivity contribution is 7.15. The van der Waals surface area contributed by atoms with Gasteiger partial charge in [-0.3, -0.25) is 0 Å². The minimum absolute atomic E-state index is 0.0154. The number of anilines is 1. The molecule has 2 N–H and O–H groups in total. The van der Waals surface area contributed by atoms with E-state index in [1.165, 1.54) is 28.0 Å². The number of nitrogens with zero attached hydrogens (tertiary/aromatic N) is 1. The van der Waals surface area contributed by atoms with Crippen molar-refractivity contribution in [3.05, 3.63) is 52.9 Å². The maximum atomic E-state index is 8.95. The Morgan fingerprint density at radius 1 is 1.19 bits per heavy atom. The summed E-state index contributed by atoms with van der Waals surface area (Å²) in [6, 6.07) is 14.4. The Kier molecular flexibility index (Phi) is 4.91. The Morgan fingerprint density at radius 2 is 2.04 bits per heavy atom. The van der Waals surface area contributed by atoms with Crippen LogP contribution in [0.4, 0.5) is 5.82 Å². The molecule has 0 atom stereocenters. The molecule has 134 valence electrons. The topological polar surface area (TPSA) is 54.4 Å². The van der Waals surface area contributed by atoms with E-state index in [0.717, 1.165) is 35.1 Å². The highest BCUT2D eigenvalue weighted by Crippen LogP contribution is 2.38. The number of hydrogen-bond acceptors (Lipinski definition) is 5. The van der Waals surface area contributed by atoms with Crippen molar-refractivity contribution in [1.82, 2.24) is 4.98 Å². The van der Waals surface area contributed by atoms with Crippen molar-refractivity contribution in [3.8, 4) is 27.4 Å². The van der Waals surface area contributed by atoms with Gasteiger partial charge in [0.1, 0.15) is 23.2 Å². The van der Waals surface area contributed by atoms with Crippen molar-refractivity contribution >= 4 is 17.2 Å². The zero-order valence-electron chi connectivity index (χ0n) is 14.8. The van der Waals surface area contributed by atoms with Crippen molar-refractivity contribution in [2.75, 3.05) is 25.1 Å². The van der Waals surface area contributed by atoms with Gasteiger partial charge in [0.25, 0.3) is 0 Å². The largest absolute Gasteiger partial charge is 0.491 e. The predicted octanol–water partition coefficient (Wildman–Crippen LogP) is 4.51. The van der Waals surface area contributed by atoms with E-state index in [9.17, 15) is 0 Å². The molecule has 0 fully saturated rings. The molecule has 0 amide bonds. The first kappa shape index (κ1) is 17.1. The van der Waals surface area contributed by atoms with Crippen LogP contribution in [0.2, 0.25) is 0 Å². The van der Waals surface area contributed by atoms with Gasteiger partial charge in [-0.2, -0.15) is 0 Å². The van der Waals surface area contributed by atoms with Crippen molar-refractivity contribution < 1.29 is 9.84 Å². The molecule has 1 aliphatic heterocycles. The molecule has 0 aliphatic carbocycles. The van der Waals surface area contributed by atoms with Crippen LogP contribution in [-0.4, -0.2) is 29.8 Å². The number of aryl methyl sites for hydroxylation is 1. The number of nitrogens with one attached hydrogen (secondary N) is 1. The first-order chi connectivity index (χ1) is 12.8. The molecular weight excluding hydrogens is 344 g/mol. The molecule has 1 aromatic heterocycles. The van der Waals surface area contributed by atoms with E-state index in [2.05, 4.69) is 36.5 Å². The number of thiazole rings is 1. The summed E-state index contributed by atoms with van der Waals surface area (Å²) < 4.78 is 5.56. The third-order valence-corrected chi connectivity index (χ3v) is 5.79. The lowest BCUT2D eigenvalue weighted by Gasteiger charge is -2.12. The fourth-order valence-electron chi connectivity index (χ4n) is 3.33. The Bertz CT molecular complexity index is 897. The van der Waals surface area contributed by atoms with Gasteiger partial charge in [-0.25, -0.2) is 4.98 Å². The highest BCUT2D eigenvalue weighted by atomic mass is 32.1. The summed E-state index contributed by atoms with van der Waals surface area (Å²) >= 11 is 1.79. The highest BCUT2D eigenvalue weighted by Gasteiger charge is 2.17. The predicted molar refractivity (Wildman–Crippen MR) is 107 cm³/mol. The number of aliphatic hydroxyl groups excluding tert-OH is 1. The lowest BCUT2D eigenvalue weighted by atomic mass is 9.96. The summed E-state index contributed by atoms with van der Waals surface area (Å²) in [5.41, 5.74) is 4.69. The lowest BCUT2D eigenvalue weighted by Crippen LogP contribution is -2.09. The van der Waals surface area contributed by atoms with Crippen LogP contribution < -0.4 is 10.1 Å². The first-order valence-electron chi connectivity index (χ1n) is 8.94. The standard InChI is InChI=1S/C21H22N2O2S/c1-14-17(15-5-2-6-16(13-15)25-12-11-24)7-3-8-18(14)21-23-20-19(26-21)9-4-10-22-20/h2-3,5-8,13,22,24H,4,9-12H2,1H3. The van der Waals surface area contributed by atoms with Crippen molar-refractivity contribution in [2.24, 2.45) is 0 Å². The molecule has 26 heavy (non-hydrogen) atoms. The van der Waals surface area contributed by atoms with Gasteiger partial charge in [-0.15, -0.1) is 11.3 Å². The van der Waals surface area contributed by atoms with E-state index < -0.39 is 0 Å². The first-order valence-corrected chi connectivity index (χ1v) is 9.75. The fraction of sp³-hybridized carbons (Fsp3) is 0.286. The zero-order valence-corrected chi connectivity index (χ0v) is 15.6. The molecule has 0 saturated carbocycles. The Hall–Kier alpha value is -2.37. The molecule has 0 saturated heterocycles. The van der Waals surface area contributed by atoms with E-state index in [1.54, 1.807) is 11.3 Å². The summed E-state index contributed by atoms with van der Waals surface area (Å²) in [7, 11) is 0. The van der Waals surface area contributed by atoms with E-state index in [1.807, 2.05) is 18.2 Å². The average Bonchev–Trinajstić information content (AvgIpc) is 3.10. The number of rotatable bonds is 5. The molecule has 2 aromatic carbocycles. The third-order valence-electron chi connectivity index (χ3n) is 4.64. The molecule has 0 bridgehead atoms. The number of benzene rings is 2. The summed E-state index contributed by atoms with van der Waals surface area (Å²) in [4.78, 5) is 6.19. The monoisotopic (exact) mass is 366 g/mol.